The molecule has 0 aliphatic carbocycles. The Morgan fingerprint density at radius 2 is 1.61 bits per heavy atom. The van der Waals surface area contributed by atoms with Crippen LogP contribution < -0.4 is 16.2 Å². The van der Waals surface area contributed by atoms with Gasteiger partial charge >= 0.3 is 0 Å². The summed E-state index contributed by atoms with van der Waals surface area (Å²) in [5.74, 6) is -1.51. The molecule has 0 aliphatic heterocycles. The number of carbonyl (C=O) groups excluding carboxylic acids is 2. The fourth-order valence-electron chi connectivity index (χ4n) is 1.95. The zero-order valence-electron chi connectivity index (χ0n) is 13.7. The molecule has 2 rings (SSSR count). The van der Waals surface area contributed by atoms with E-state index < -0.39 is 27.3 Å². The summed E-state index contributed by atoms with van der Waals surface area (Å²) >= 11 is 10.5. The Labute approximate surface area is 166 Å². The van der Waals surface area contributed by atoms with Crippen molar-refractivity contribution in [3.8, 4) is 0 Å². The van der Waals surface area contributed by atoms with Crippen molar-refractivity contribution in [2.24, 2.45) is 0 Å². The fraction of sp³-hybridized carbons (Fsp3) is 0. The van der Waals surface area contributed by atoms with Crippen LogP contribution in [-0.4, -0.2) is 26.8 Å². The second kappa shape index (κ2) is 8.83. The highest BCUT2D eigenvalue weighted by Crippen LogP contribution is 2.24. The summed E-state index contributed by atoms with van der Waals surface area (Å²) in [5.41, 5.74) is 3.60. The van der Waals surface area contributed by atoms with Gasteiger partial charge < -0.3 is 0 Å². The predicted octanol–water partition coefficient (Wildman–Crippen LogP) is 2.11. The van der Waals surface area contributed by atoms with E-state index in [0.717, 1.165) is 12.1 Å². The topological polar surface area (TPSA) is 157 Å². The molecular formula is C15H10ClN5O6S. The summed E-state index contributed by atoms with van der Waals surface area (Å²) in [4.78, 5) is 44.3. The van der Waals surface area contributed by atoms with Crippen LogP contribution in [0, 0.1) is 20.2 Å². The molecule has 0 aliphatic rings. The molecule has 0 radical (unpaired) electrons. The first-order valence-electron chi connectivity index (χ1n) is 7.29. The van der Waals surface area contributed by atoms with E-state index in [1.807, 2.05) is 0 Å². The van der Waals surface area contributed by atoms with Crippen LogP contribution in [0.3, 0.4) is 0 Å². The van der Waals surface area contributed by atoms with Gasteiger partial charge in [0.1, 0.15) is 5.02 Å². The molecule has 3 N–H and O–H groups in total. The Morgan fingerprint density at radius 1 is 0.929 bits per heavy atom. The number of rotatable bonds is 4. The molecule has 2 aromatic rings. The number of thiocarbonyl (C=S) groups is 1. The third-order valence-corrected chi connectivity index (χ3v) is 3.76. The van der Waals surface area contributed by atoms with E-state index in [4.69, 9.17) is 23.8 Å². The van der Waals surface area contributed by atoms with Crippen LogP contribution in [0.5, 0.6) is 0 Å². The molecule has 28 heavy (non-hydrogen) atoms. The number of hydrogen-bond donors (Lipinski definition) is 3. The first-order chi connectivity index (χ1) is 13.2. The second-order valence-electron chi connectivity index (χ2n) is 5.09. The van der Waals surface area contributed by atoms with Crippen LogP contribution in [0.1, 0.15) is 20.7 Å². The number of nitro groups is 2. The summed E-state index contributed by atoms with van der Waals surface area (Å²) in [6.07, 6.45) is 0. The van der Waals surface area contributed by atoms with E-state index in [2.05, 4.69) is 16.2 Å². The molecule has 0 saturated heterocycles. The van der Waals surface area contributed by atoms with Crippen molar-refractivity contribution < 1.29 is 19.4 Å². The minimum absolute atomic E-state index is 0.0100. The second-order valence-corrected chi connectivity index (χ2v) is 5.91. The maximum atomic E-state index is 12.1. The maximum Gasteiger partial charge on any atom is 0.288 e. The molecular weight excluding hydrogens is 414 g/mol. The SMILES string of the molecule is O=C(NNC(=S)NC(=O)c1ccc(Cl)c([N+](=O)[O-])c1)c1cccc([N+](=O)[O-])c1. The van der Waals surface area contributed by atoms with E-state index in [-0.39, 0.29) is 26.9 Å². The quantitative estimate of drug-likeness (QED) is 0.383. The molecule has 144 valence electrons. The van der Waals surface area contributed by atoms with Crippen molar-refractivity contribution in [1.29, 1.82) is 0 Å². The fourth-order valence-corrected chi connectivity index (χ4v) is 2.28. The van der Waals surface area contributed by atoms with Gasteiger partial charge in [-0.1, -0.05) is 17.7 Å². The number of benzene rings is 2. The lowest BCUT2D eigenvalue weighted by Crippen LogP contribution is -2.48. The number of halogens is 1. The third-order valence-electron chi connectivity index (χ3n) is 3.24. The molecule has 0 unspecified atom stereocenters. The number of hydrogen-bond acceptors (Lipinski definition) is 7. The van der Waals surface area contributed by atoms with Gasteiger partial charge in [0.2, 0.25) is 0 Å². The number of amides is 2. The third kappa shape index (κ3) is 5.18. The highest BCUT2D eigenvalue weighted by atomic mass is 35.5. The van der Waals surface area contributed by atoms with Gasteiger partial charge in [0, 0.05) is 29.3 Å². The number of nitrogens with one attached hydrogen (secondary N) is 3. The number of nitro benzene ring substituents is 2. The van der Waals surface area contributed by atoms with Crippen molar-refractivity contribution in [3.05, 3.63) is 78.8 Å². The molecule has 0 atom stereocenters. The minimum atomic E-state index is -0.776. The average molecular weight is 424 g/mol. The van der Waals surface area contributed by atoms with Gasteiger partial charge in [0.25, 0.3) is 23.2 Å². The molecule has 0 heterocycles. The van der Waals surface area contributed by atoms with E-state index in [1.165, 1.54) is 30.3 Å². The summed E-state index contributed by atoms with van der Waals surface area (Å²) < 4.78 is 0. The van der Waals surface area contributed by atoms with Gasteiger partial charge in [-0.2, -0.15) is 0 Å². The van der Waals surface area contributed by atoms with E-state index >= 15 is 0 Å². The van der Waals surface area contributed by atoms with Gasteiger partial charge in [0.05, 0.1) is 9.85 Å². The standard InChI is InChI=1S/C15H10ClN5O6S/c16-11-5-4-9(7-12(11)21(26)27)13(22)17-15(28)19-18-14(23)8-2-1-3-10(6-8)20(24)25/h1-7H,(H,18,23)(H2,17,19,22,28). The lowest BCUT2D eigenvalue weighted by molar-refractivity contribution is -0.385. The summed E-state index contributed by atoms with van der Waals surface area (Å²) in [6, 6.07) is 8.39. The van der Waals surface area contributed by atoms with Crippen LogP contribution in [0.25, 0.3) is 0 Å². The molecule has 13 heteroatoms. The highest BCUT2D eigenvalue weighted by molar-refractivity contribution is 7.80. The Morgan fingerprint density at radius 3 is 2.25 bits per heavy atom. The van der Waals surface area contributed by atoms with Crippen LogP contribution >= 0.6 is 23.8 Å². The van der Waals surface area contributed by atoms with E-state index in [0.29, 0.717) is 0 Å². The average Bonchev–Trinajstić information content (AvgIpc) is 2.66. The van der Waals surface area contributed by atoms with Crippen molar-refractivity contribution in [2.45, 2.75) is 0 Å². The maximum absolute atomic E-state index is 12.1. The first-order valence-corrected chi connectivity index (χ1v) is 8.07. The number of non-ortho nitro benzene ring substituents is 1. The van der Waals surface area contributed by atoms with E-state index in [1.54, 1.807) is 0 Å². The van der Waals surface area contributed by atoms with E-state index in [9.17, 15) is 29.8 Å². The molecule has 0 bridgehead atoms. The van der Waals surface area contributed by atoms with Crippen LogP contribution in [-0.2, 0) is 0 Å². The summed E-state index contributed by atoms with van der Waals surface area (Å²) in [5, 5.41) is 23.4. The van der Waals surface area contributed by atoms with Gasteiger partial charge in [0.15, 0.2) is 5.11 Å². The van der Waals surface area contributed by atoms with Gasteiger partial charge in [-0.05, 0) is 30.4 Å². The number of hydrazine groups is 1. The van der Waals surface area contributed by atoms with Crippen molar-refractivity contribution >= 4 is 52.1 Å². The van der Waals surface area contributed by atoms with Gasteiger partial charge in [-0.3, -0.25) is 46.0 Å². The highest BCUT2D eigenvalue weighted by Gasteiger charge is 2.17. The molecule has 2 aromatic carbocycles. The van der Waals surface area contributed by atoms with Crippen molar-refractivity contribution in [2.75, 3.05) is 0 Å². The molecule has 11 nitrogen and oxygen atoms in total. The Hall–Kier alpha value is -3.64. The molecule has 0 aromatic heterocycles. The molecule has 0 spiro atoms. The largest absolute Gasteiger partial charge is 0.298 e. The monoisotopic (exact) mass is 423 g/mol. The molecule has 2 amide bonds. The van der Waals surface area contributed by atoms with Gasteiger partial charge in [-0.25, -0.2) is 0 Å². The Kier molecular flexibility index (Phi) is 6.52. The smallest absolute Gasteiger partial charge is 0.288 e. The Bertz CT molecular complexity index is 999. The van der Waals surface area contributed by atoms with Gasteiger partial charge in [-0.15, -0.1) is 0 Å². The minimum Gasteiger partial charge on any atom is -0.298 e. The van der Waals surface area contributed by atoms with Crippen molar-refractivity contribution in [3.63, 3.8) is 0 Å². The number of carbonyl (C=O) groups is 2. The van der Waals surface area contributed by atoms with Crippen LogP contribution in [0.2, 0.25) is 5.02 Å². The van der Waals surface area contributed by atoms with Crippen LogP contribution in [0.4, 0.5) is 11.4 Å². The zero-order valence-corrected chi connectivity index (χ0v) is 15.2. The molecule has 0 fully saturated rings. The summed E-state index contributed by atoms with van der Waals surface area (Å²) in [7, 11) is 0. The lowest BCUT2D eigenvalue weighted by atomic mass is 10.2. The normalized spacial score (nSPS) is 9.89. The molecule has 0 saturated carbocycles. The predicted molar refractivity (Wildman–Crippen MR) is 102 cm³/mol. The number of nitrogens with zero attached hydrogens (tertiary/aromatic N) is 2. The Balaban J connectivity index is 1.97. The zero-order chi connectivity index (χ0) is 20.8. The summed E-state index contributed by atoms with van der Waals surface area (Å²) in [6.45, 7) is 0. The lowest BCUT2D eigenvalue weighted by Gasteiger charge is -2.11. The van der Waals surface area contributed by atoms with Crippen LogP contribution in [0.15, 0.2) is 42.5 Å². The first kappa shape index (κ1) is 20.7. The van der Waals surface area contributed by atoms with Crippen molar-refractivity contribution in [1.82, 2.24) is 16.2 Å².